The fourth-order valence-corrected chi connectivity index (χ4v) is 2.73. The van der Waals surface area contributed by atoms with Crippen molar-refractivity contribution in [2.24, 2.45) is 5.10 Å². The topological polar surface area (TPSA) is 54.6 Å². The first kappa shape index (κ1) is 15.5. The van der Waals surface area contributed by atoms with Crippen LogP contribution in [0.15, 0.2) is 57.4 Å². The normalized spacial score (nSPS) is 11.0. The van der Waals surface area contributed by atoms with Crippen LogP contribution in [0.4, 0.5) is 0 Å². The molecule has 23 heavy (non-hydrogen) atoms. The van der Waals surface area contributed by atoms with Crippen molar-refractivity contribution in [3.8, 4) is 11.3 Å². The second-order valence-electron chi connectivity index (χ2n) is 4.84. The van der Waals surface area contributed by atoms with E-state index in [4.69, 9.17) is 16.0 Å². The lowest BCUT2D eigenvalue weighted by molar-refractivity contribution is 0.0959. The SMILES string of the molecule is Cc1ccc(-c2ccc(/C=N\NC(=O)c3cccs3)o2)cc1Cl. The van der Waals surface area contributed by atoms with Crippen LogP contribution in [-0.2, 0) is 0 Å². The summed E-state index contributed by atoms with van der Waals surface area (Å²) < 4.78 is 5.68. The third-order valence-electron chi connectivity index (χ3n) is 3.19. The van der Waals surface area contributed by atoms with Crippen LogP contribution in [0.3, 0.4) is 0 Å². The van der Waals surface area contributed by atoms with Gasteiger partial charge in [0.25, 0.3) is 5.91 Å². The van der Waals surface area contributed by atoms with Crippen molar-refractivity contribution in [1.29, 1.82) is 0 Å². The maximum atomic E-state index is 11.7. The van der Waals surface area contributed by atoms with Gasteiger partial charge in [0, 0.05) is 10.6 Å². The number of carbonyl (C=O) groups excluding carboxylic acids is 1. The summed E-state index contributed by atoms with van der Waals surface area (Å²) in [6, 6.07) is 12.9. The molecule has 0 fully saturated rings. The number of amides is 1. The largest absolute Gasteiger partial charge is 0.455 e. The van der Waals surface area contributed by atoms with Crippen molar-refractivity contribution in [3.05, 3.63) is 69.1 Å². The third kappa shape index (κ3) is 3.70. The fraction of sp³-hybridized carbons (Fsp3) is 0.0588. The van der Waals surface area contributed by atoms with Gasteiger partial charge in [0.15, 0.2) is 0 Å². The van der Waals surface area contributed by atoms with Crippen molar-refractivity contribution in [3.63, 3.8) is 0 Å². The summed E-state index contributed by atoms with van der Waals surface area (Å²) >= 11 is 7.48. The number of hydrogen-bond acceptors (Lipinski definition) is 4. The highest BCUT2D eigenvalue weighted by atomic mass is 35.5. The summed E-state index contributed by atoms with van der Waals surface area (Å²) in [5.41, 5.74) is 4.36. The molecule has 6 heteroatoms. The first-order chi connectivity index (χ1) is 11.1. The van der Waals surface area contributed by atoms with Gasteiger partial charge in [-0.05, 0) is 42.1 Å². The molecule has 0 unspecified atom stereocenters. The number of aryl methyl sites for hydroxylation is 1. The van der Waals surface area contributed by atoms with Gasteiger partial charge >= 0.3 is 0 Å². The average Bonchev–Trinajstić information content (AvgIpc) is 3.21. The molecule has 4 nitrogen and oxygen atoms in total. The Morgan fingerprint density at radius 2 is 2.17 bits per heavy atom. The molecule has 1 aromatic carbocycles. The number of benzene rings is 1. The zero-order valence-corrected chi connectivity index (χ0v) is 13.8. The Kier molecular flexibility index (Phi) is 4.60. The molecule has 1 amide bonds. The third-order valence-corrected chi connectivity index (χ3v) is 4.46. The molecule has 0 saturated carbocycles. The van der Waals surface area contributed by atoms with E-state index in [2.05, 4.69) is 10.5 Å². The number of furan rings is 1. The van der Waals surface area contributed by atoms with E-state index in [0.29, 0.717) is 21.4 Å². The molecule has 116 valence electrons. The van der Waals surface area contributed by atoms with Gasteiger partial charge in [-0.1, -0.05) is 29.8 Å². The van der Waals surface area contributed by atoms with E-state index in [1.54, 1.807) is 12.1 Å². The minimum Gasteiger partial charge on any atom is -0.455 e. The number of nitrogens with zero attached hydrogens (tertiary/aromatic N) is 1. The lowest BCUT2D eigenvalue weighted by atomic mass is 10.1. The Morgan fingerprint density at radius 3 is 2.91 bits per heavy atom. The van der Waals surface area contributed by atoms with Crippen LogP contribution in [0.25, 0.3) is 11.3 Å². The highest BCUT2D eigenvalue weighted by Crippen LogP contribution is 2.26. The monoisotopic (exact) mass is 344 g/mol. The van der Waals surface area contributed by atoms with Gasteiger partial charge in [-0.2, -0.15) is 5.10 Å². The minimum absolute atomic E-state index is 0.242. The van der Waals surface area contributed by atoms with Crippen LogP contribution >= 0.6 is 22.9 Å². The standard InChI is InChI=1S/C17H13ClN2O2S/c1-11-4-5-12(9-14(11)18)15-7-6-13(22-15)10-19-20-17(21)16-3-2-8-23-16/h2-10H,1H3,(H,20,21)/b19-10-. The van der Waals surface area contributed by atoms with Crippen LogP contribution in [0.2, 0.25) is 5.02 Å². The second kappa shape index (κ2) is 6.81. The number of carbonyl (C=O) groups is 1. The molecule has 0 bridgehead atoms. The predicted molar refractivity (Wildman–Crippen MR) is 93.3 cm³/mol. The molecule has 0 radical (unpaired) electrons. The van der Waals surface area contributed by atoms with Gasteiger partial charge in [0.05, 0.1) is 11.1 Å². The molecule has 0 aliphatic heterocycles. The van der Waals surface area contributed by atoms with E-state index in [0.717, 1.165) is 11.1 Å². The van der Waals surface area contributed by atoms with Gasteiger partial charge in [-0.25, -0.2) is 5.43 Å². The quantitative estimate of drug-likeness (QED) is 0.549. The first-order valence-corrected chi connectivity index (χ1v) is 8.12. The van der Waals surface area contributed by atoms with Gasteiger partial charge < -0.3 is 4.42 Å². The number of thiophene rings is 1. The first-order valence-electron chi connectivity index (χ1n) is 6.87. The number of hydrogen-bond donors (Lipinski definition) is 1. The van der Waals surface area contributed by atoms with Crippen LogP contribution in [0.5, 0.6) is 0 Å². The summed E-state index contributed by atoms with van der Waals surface area (Å²) in [7, 11) is 0. The molecule has 0 atom stereocenters. The van der Waals surface area contributed by atoms with Crippen molar-refractivity contribution in [2.45, 2.75) is 6.92 Å². The van der Waals surface area contributed by atoms with Crippen LogP contribution in [-0.4, -0.2) is 12.1 Å². The van der Waals surface area contributed by atoms with Gasteiger partial charge in [-0.15, -0.1) is 11.3 Å². The molecule has 2 aromatic heterocycles. The van der Waals surface area contributed by atoms with Gasteiger partial charge in [-0.3, -0.25) is 4.79 Å². The molecule has 3 rings (SSSR count). The summed E-state index contributed by atoms with van der Waals surface area (Å²) in [6.07, 6.45) is 1.46. The maximum Gasteiger partial charge on any atom is 0.281 e. The van der Waals surface area contributed by atoms with Gasteiger partial charge in [0.2, 0.25) is 0 Å². The van der Waals surface area contributed by atoms with E-state index in [1.807, 2.05) is 42.6 Å². The van der Waals surface area contributed by atoms with Crippen molar-refractivity contribution in [1.82, 2.24) is 5.43 Å². The van der Waals surface area contributed by atoms with Crippen LogP contribution < -0.4 is 5.43 Å². The number of rotatable bonds is 4. The smallest absolute Gasteiger partial charge is 0.281 e. The average molecular weight is 345 g/mol. The molecule has 0 spiro atoms. The molecule has 1 N–H and O–H groups in total. The van der Waals surface area contributed by atoms with Crippen molar-refractivity contribution < 1.29 is 9.21 Å². The lowest BCUT2D eigenvalue weighted by Gasteiger charge is -2.00. The highest BCUT2D eigenvalue weighted by molar-refractivity contribution is 7.12. The Labute approximate surface area is 142 Å². The predicted octanol–water partition coefficient (Wildman–Crippen LogP) is 4.73. The molecule has 0 saturated heterocycles. The zero-order valence-electron chi connectivity index (χ0n) is 12.2. The molecular weight excluding hydrogens is 332 g/mol. The zero-order chi connectivity index (χ0) is 16.2. The Hall–Kier alpha value is -2.37. The van der Waals surface area contributed by atoms with Crippen molar-refractivity contribution in [2.75, 3.05) is 0 Å². The summed E-state index contributed by atoms with van der Waals surface area (Å²) in [5, 5.41) is 6.43. The minimum atomic E-state index is -0.242. The molecule has 0 aliphatic rings. The van der Waals surface area contributed by atoms with Crippen molar-refractivity contribution >= 4 is 35.1 Å². The lowest BCUT2D eigenvalue weighted by Crippen LogP contribution is -2.15. The number of halogens is 1. The van der Waals surface area contributed by atoms with E-state index in [-0.39, 0.29) is 5.91 Å². The van der Waals surface area contributed by atoms with E-state index >= 15 is 0 Å². The Bertz CT molecular complexity index is 853. The molecule has 3 aromatic rings. The van der Waals surface area contributed by atoms with E-state index in [9.17, 15) is 4.79 Å². The highest BCUT2D eigenvalue weighted by Gasteiger charge is 2.06. The second-order valence-corrected chi connectivity index (χ2v) is 6.20. The Morgan fingerprint density at radius 1 is 1.30 bits per heavy atom. The van der Waals surface area contributed by atoms with Gasteiger partial charge in [0.1, 0.15) is 11.5 Å². The van der Waals surface area contributed by atoms with E-state index < -0.39 is 0 Å². The molecular formula is C17H13ClN2O2S. The fourth-order valence-electron chi connectivity index (χ4n) is 1.94. The number of nitrogens with one attached hydrogen (secondary N) is 1. The maximum absolute atomic E-state index is 11.7. The summed E-state index contributed by atoms with van der Waals surface area (Å²) in [5.74, 6) is 0.995. The summed E-state index contributed by atoms with van der Waals surface area (Å²) in [4.78, 5) is 12.3. The molecule has 2 heterocycles. The van der Waals surface area contributed by atoms with Crippen LogP contribution in [0, 0.1) is 6.92 Å². The van der Waals surface area contributed by atoms with E-state index in [1.165, 1.54) is 17.6 Å². The molecule has 0 aliphatic carbocycles. The van der Waals surface area contributed by atoms with Crippen LogP contribution in [0.1, 0.15) is 21.0 Å². The summed E-state index contributed by atoms with van der Waals surface area (Å²) in [6.45, 7) is 1.95. The Balaban J connectivity index is 1.68. The number of hydrazone groups is 1.